The Morgan fingerprint density at radius 2 is 1.42 bits per heavy atom. The Balaban J connectivity index is 1.72. The van der Waals surface area contributed by atoms with Crippen molar-refractivity contribution in [1.29, 1.82) is 0 Å². The van der Waals surface area contributed by atoms with E-state index in [1.54, 1.807) is 0 Å². The lowest BCUT2D eigenvalue weighted by molar-refractivity contribution is -0.143. The van der Waals surface area contributed by atoms with Gasteiger partial charge in [-0.2, -0.15) is 39.5 Å². The van der Waals surface area contributed by atoms with Crippen molar-refractivity contribution in [3.63, 3.8) is 0 Å². The van der Waals surface area contributed by atoms with Crippen LogP contribution in [0.3, 0.4) is 0 Å². The van der Waals surface area contributed by atoms with Crippen LogP contribution in [0.25, 0.3) is 0 Å². The van der Waals surface area contributed by atoms with Crippen LogP contribution < -0.4 is 4.74 Å². The second kappa shape index (κ2) is 7.61. The maximum Gasteiger partial charge on any atom is 0.433 e. The van der Waals surface area contributed by atoms with Crippen LogP contribution in [0.4, 0.5) is 39.5 Å². The number of ether oxygens (including phenoxy) is 1. The highest BCUT2D eigenvalue weighted by Crippen LogP contribution is 2.37. The molecule has 3 rings (SSSR count). The number of hydrogen-bond acceptors (Lipinski definition) is 3. The molecule has 0 atom stereocenters. The third-order valence-corrected chi connectivity index (χ3v) is 4.27. The van der Waals surface area contributed by atoms with Crippen molar-refractivity contribution in [3.8, 4) is 5.88 Å². The molecule has 2 aromatic rings. The monoisotopic (exact) mass is 458 g/mol. The van der Waals surface area contributed by atoms with Crippen LogP contribution in [0.15, 0.2) is 36.4 Å². The number of hydrogen-bond donors (Lipinski definition) is 0. The molecular formula is C18H11F9N2O2. The molecule has 13 heteroatoms. The lowest BCUT2D eigenvalue weighted by Gasteiger charge is -2.38. The van der Waals surface area contributed by atoms with Crippen molar-refractivity contribution in [2.24, 2.45) is 0 Å². The Morgan fingerprint density at radius 3 is 1.90 bits per heavy atom. The second-order valence-corrected chi connectivity index (χ2v) is 6.60. The summed E-state index contributed by atoms with van der Waals surface area (Å²) in [5.74, 6) is -1.49. The minimum absolute atomic E-state index is 0.0991. The highest BCUT2D eigenvalue weighted by molar-refractivity contribution is 5.95. The Kier molecular flexibility index (Phi) is 5.57. The molecule has 0 aliphatic carbocycles. The summed E-state index contributed by atoms with van der Waals surface area (Å²) in [4.78, 5) is 16.5. The summed E-state index contributed by atoms with van der Waals surface area (Å²) in [5.41, 5.74) is -5.29. The van der Waals surface area contributed by atoms with Gasteiger partial charge >= 0.3 is 18.5 Å². The topological polar surface area (TPSA) is 42.4 Å². The average molecular weight is 458 g/mol. The molecule has 1 amide bonds. The fraction of sp³-hybridized carbons (Fsp3) is 0.333. The smallest absolute Gasteiger partial charge is 0.433 e. The lowest BCUT2D eigenvalue weighted by atomic mass is 10.0. The summed E-state index contributed by atoms with van der Waals surface area (Å²) < 4.78 is 121. The average Bonchev–Trinajstić information content (AvgIpc) is 2.61. The molecule has 168 valence electrons. The predicted molar refractivity (Wildman–Crippen MR) is 86.0 cm³/mol. The minimum Gasteiger partial charge on any atom is -0.471 e. The fourth-order valence-corrected chi connectivity index (χ4v) is 2.75. The van der Waals surface area contributed by atoms with Gasteiger partial charge in [0, 0.05) is 11.6 Å². The molecule has 0 N–H and O–H groups in total. The summed E-state index contributed by atoms with van der Waals surface area (Å²) in [6, 6.07) is 3.42. The maximum absolute atomic E-state index is 12.9. The molecule has 2 heterocycles. The summed E-state index contributed by atoms with van der Waals surface area (Å²) in [7, 11) is 0. The lowest BCUT2D eigenvalue weighted by Crippen LogP contribution is -2.56. The summed E-state index contributed by atoms with van der Waals surface area (Å²) in [6.07, 6.45) is -15.7. The van der Waals surface area contributed by atoms with Crippen molar-refractivity contribution in [1.82, 2.24) is 9.88 Å². The fourth-order valence-electron chi connectivity index (χ4n) is 2.75. The van der Waals surface area contributed by atoms with Crippen LogP contribution in [-0.2, 0) is 18.5 Å². The van der Waals surface area contributed by atoms with Crippen molar-refractivity contribution in [3.05, 3.63) is 58.8 Å². The highest BCUT2D eigenvalue weighted by atomic mass is 19.4. The summed E-state index contributed by atoms with van der Waals surface area (Å²) in [6.45, 7) is -0.511. The van der Waals surface area contributed by atoms with Gasteiger partial charge in [-0.3, -0.25) is 4.79 Å². The Morgan fingerprint density at radius 1 is 0.871 bits per heavy atom. The van der Waals surface area contributed by atoms with E-state index in [0.717, 1.165) is 23.1 Å². The van der Waals surface area contributed by atoms with Crippen LogP contribution in [0.2, 0.25) is 0 Å². The highest BCUT2D eigenvalue weighted by Gasteiger charge is 2.40. The van der Waals surface area contributed by atoms with E-state index in [-0.39, 0.29) is 25.0 Å². The van der Waals surface area contributed by atoms with Gasteiger partial charge in [0.2, 0.25) is 5.88 Å². The zero-order valence-electron chi connectivity index (χ0n) is 15.1. The molecule has 31 heavy (non-hydrogen) atoms. The van der Waals surface area contributed by atoms with Gasteiger partial charge in [-0.15, -0.1) is 0 Å². The number of pyridine rings is 1. The van der Waals surface area contributed by atoms with E-state index >= 15 is 0 Å². The largest absolute Gasteiger partial charge is 0.471 e. The summed E-state index contributed by atoms with van der Waals surface area (Å²) >= 11 is 0. The zero-order chi connectivity index (χ0) is 23.2. The van der Waals surface area contributed by atoms with E-state index in [0.29, 0.717) is 12.1 Å². The maximum atomic E-state index is 12.9. The first-order valence-electron chi connectivity index (χ1n) is 8.44. The number of likely N-dealkylation sites (tertiary alicyclic amines) is 1. The molecule has 0 spiro atoms. The van der Waals surface area contributed by atoms with Gasteiger partial charge < -0.3 is 9.64 Å². The molecule has 1 saturated heterocycles. The van der Waals surface area contributed by atoms with E-state index in [9.17, 15) is 44.3 Å². The molecule has 1 aliphatic rings. The normalized spacial score (nSPS) is 15.6. The molecule has 4 nitrogen and oxygen atoms in total. The third kappa shape index (κ3) is 5.20. The first-order valence-corrected chi connectivity index (χ1v) is 8.44. The molecule has 1 aromatic heterocycles. The first-order chi connectivity index (χ1) is 14.1. The molecule has 0 radical (unpaired) electrons. The van der Waals surface area contributed by atoms with E-state index in [1.165, 1.54) is 0 Å². The first kappa shape index (κ1) is 22.7. The van der Waals surface area contributed by atoms with Crippen molar-refractivity contribution < 1.29 is 49.0 Å². The van der Waals surface area contributed by atoms with Gasteiger partial charge in [0.15, 0.2) is 0 Å². The number of amides is 1. The van der Waals surface area contributed by atoms with Gasteiger partial charge in [-0.1, -0.05) is 6.07 Å². The van der Waals surface area contributed by atoms with E-state index in [1.807, 2.05) is 0 Å². The Bertz CT molecular complexity index is 945. The third-order valence-electron chi connectivity index (χ3n) is 4.27. The van der Waals surface area contributed by atoms with Gasteiger partial charge in [-0.25, -0.2) is 4.98 Å². The minimum atomic E-state index is -5.11. The van der Waals surface area contributed by atoms with Crippen molar-refractivity contribution >= 4 is 5.91 Å². The number of rotatable bonds is 3. The zero-order valence-corrected chi connectivity index (χ0v) is 15.1. The van der Waals surface area contributed by atoms with Gasteiger partial charge in [0.25, 0.3) is 5.91 Å². The number of carbonyl (C=O) groups is 1. The molecule has 0 unspecified atom stereocenters. The quantitative estimate of drug-likeness (QED) is 0.606. The number of nitrogens with zero attached hydrogens (tertiary/aromatic N) is 2. The SMILES string of the molecule is O=C(c1cc(C(F)(F)F)cc(C(F)(F)F)c1)N1CC(Oc2cccc(C(F)(F)F)n2)C1. The number of aromatic nitrogens is 1. The number of halogens is 9. The molecule has 1 aromatic carbocycles. The van der Waals surface area contributed by atoms with Crippen LogP contribution in [0.1, 0.15) is 27.2 Å². The second-order valence-electron chi connectivity index (χ2n) is 6.60. The van der Waals surface area contributed by atoms with Crippen molar-refractivity contribution in [2.75, 3.05) is 13.1 Å². The molecule has 1 fully saturated rings. The summed E-state index contributed by atoms with van der Waals surface area (Å²) in [5, 5.41) is 0. The molecular weight excluding hydrogens is 447 g/mol. The van der Waals surface area contributed by atoms with E-state index in [4.69, 9.17) is 4.74 Å². The predicted octanol–water partition coefficient (Wildman–Crippen LogP) is 5.04. The van der Waals surface area contributed by atoms with Crippen LogP contribution >= 0.6 is 0 Å². The molecule has 0 saturated carbocycles. The van der Waals surface area contributed by atoms with Gasteiger partial charge in [0.05, 0.1) is 24.2 Å². The standard InChI is InChI=1S/C18H11F9N2O2/c19-16(20,21)10-4-9(5-11(6-10)17(22,23)24)15(30)29-7-12(8-29)31-14-3-1-2-13(28-14)18(25,26)27/h1-6,12H,7-8H2. The number of carbonyl (C=O) groups excluding carboxylic acids is 1. The van der Waals surface area contributed by atoms with Crippen LogP contribution in [0, 0.1) is 0 Å². The van der Waals surface area contributed by atoms with Gasteiger partial charge in [-0.05, 0) is 24.3 Å². The Labute approximate surface area is 168 Å². The van der Waals surface area contributed by atoms with Crippen LogP contribution in [-0.4, -0.2) is 35.0 Å². The van der Waals surface area contributed by atoms with Crippen LogP contribution in [0.5, 0.6) is 5.88 Å². The van der Waals surface area contributed by atoms with E-state index < -0.39 is 52.9 Å². The molecule has 1 aliphatic heterocycles. The number of benzene rings is 1. The van der Waals surface area contributed by atoms with Gasteiger partial charge in [0.1, 0.15) is 11.8 Å². The van der Waals surface area contributed by atoms with E-state index in [2.05, 4.69) is 4.98 Å². The van der Waals surface area contributed by atoms with Crippen molar-refractivity contribution in [2.45, 2.75) is 24.6 Å². The Hall–Kier alpha value is -2.99. The molecule has 0 bridgehead atoms. The number of alkyl halides is 9.